The Labute approximate surface area is 130 Å². The van der Waals surface area contributed by atoms with Crippen LogP contribution >= 0.6 is 0 Å². The van der Waals surface area contributed by atoms with Crippen molar-refractivity contribution < 1.29 is 18.0 Å². The molecule has 0 bridgehead atoms. The van der Waals surface area contributed by atoms with Gasteiger partial charge in [-0.1, -0.05) is 12.1 Å². The third kappa shape index (κ3) is 3.80. The summed E-state index contributed by atoms with van der Waals surface area (Å²) in [5, 5.41) is 5.48. The number of carbonyl (C=O) groups excluding carboxylic acids is 1. The van der Waals surface area contributed by atoms with Crippen LogP contribution in [0, 0.1) is 0 Å². The molecule has 2 N–H and O–H groups in total. The van der Waals surface area contributed by atoms with Crippen molar-refractivity contribution in [3.63, 3.8) is 0 Å². The average molecular weight is 321 g/mol. The monoisotopic (exact) mass is 321 g/mol. The first-order chi connectivity index (χ1) is 10.9. The van der Waals surface area contributed by atoms with Crippen molar-refractivity contribution in [3.8, 4) is 0 Å². The van der Waals surface area contributed by atoms with E-state index < -0.39 is 11.7 Å². The van der Waals surface area contributed by atoms with Gasteiger partial charge in [-0.15, -0.1) is 0 Å². The summed E-state index contributed by atoms with van der Waals surface area (Å²) < 4.78 is 38.8. The number of hydrogen-bond donors (Lipinski definition) is 2. The van der Waals surface area contributed by atoms with Gasteiger partial charge in [0.15, 0.2) is 0 Å². The van der Waals surface area contributed by atoms with Gasteiger partial charge in [0.25, 0.3) is 5.91 Å². The van der Waals surface area contributed by atoms with Crippen molar-refractivity contribution in [2.45, 2.75) is 25.1 Å². The van der Waals surface area contributed by atoms with Crippen molar-refractivity contribution in [2.75, 3.05) is 5.32 Å². The first-order valence-corrected chi connectivity index (χ1v) is 7.13. The first kappa shape index (κ1) is 15.3. The van der Waals surface area contributed by atoms with E-state index in [9.17, 15) is 18.0 Å². The van der Waals surface area contributed by atoms with Gasteiger partial charge in [-0.2, -0.15) is 13.2 Å². The third-order valence-corrected chi connectivity index (χ3v) is 3.42. The second-order valence-corrected chi connectivity index (χ2v) is 5.35. The van der Waals surface area contributed by atoms with Crippen LogP contribution in [-0.2, 0) is 6.18 Å². The summed E-state index contributed by atoms with van der Waals surface area (Å²) in [5.41, 5.74) is -0.191. The van der Waals surface area contributed by atoms with Gasteiger partial charge < -0.3 is 10.6 Å². The number of benzene rings is 1. The van der Waals surface area contributed by atoms with E-state index in [1.54, 1.807) is 0 Å². The van der Waals surface area contributed by atoms with Crippen LogP contribution in [-0.4, -0.2) is 16.9 Å². The van der Waals surface area contributed by atoms with Gasteiger partial charge in [0, 0.05) is 6.04 Å². The summed E-state index contributed by atoms with van der Waals surface area (Å²) in [7, 11) is 0. The normalized spacial score (nSPS) is 14.4. The Balaban J connectivity index is 1.75. The molecule has 1 amide bonds. The van der Waals surface area contributed by atoms with E-state index in [-0.39, 0.29) is 23.3 Å². The zero-order valence-corrected chi connectivity index (χ0v) is 12.0. The Morgan fingerprint density at radius 1 is 1.13 bits per heavy atom. The molecule has 1 aliphatic rings. The van der Waals surface area contributed by atoms with Crippen LogP contribution < -0.4 is 10.6 Å². The lowest BCUT2D eigenvalue weighted by atomic mass is 10.1. The molecule has 4 nitrogen and oxygen atoms in total. The minimum absolute atomic E-state index is 0.0584. The SMILES string of the molecule is O=C(NC1CC1)c1ccc(Nc2ccccc2C(F)(F)F)cn1. The van der Waals surface area contributed by atoms with Crippen LogP contribution in [0.4, 0.5) is 24.5 Å². The van der Waals surface area contributed by atoms with Gasteiger partial charge in [-0.25, -0.2) is 4.98 Å². The number of nitrogens with one attached hydrogen (secondary N) is 2. The number of pyridine rings is 1. The largest absolute Gasteiger partial charge is 0.418 e. The molecule has 1 fully saturated rings. The maximum absolute atomic E-state index is 12.9. The molecule has 0 saturated heterocycles. The molecular weight excluding hydrogens is 307 g/mol. The van der Waals surface area contributed by atoms with Crippen LogP contribution in [0.1, 0.15) is 28.9 Å². The van der Waals surface area contributed by atoms with Crippen LogP contribution in [0.3, 0.4) is 0 Å². The molecule has 1 saturated carbocycles. The summed E-state index contributed by atoms with van der Waals surface area (Å²) >= 11 is 0. The zero-order valence-electron chi connectivity index (χ0n) is 12.0. The maximum atomic E-state index is 12.9. The molecule has 0 aliphatic heterocycles. The summed E-state index contributed by atoms with van der Waals surface area (Å²) in [5.74, 6) is -0.269. The number of rotatable bonds is 4. The Morgan fingerprint density at radius 2 is 1.87 bits per heavy atom. The molecule has 3 rings (SSSR count). The molecule has 7 heteroatoms. The number of carbonyl (C=O) groups is 1. The van der Waals surface area contributed by atoms with E-state index in [1.165, 1.54) is 36.5 Å². The Bertz CT molecular complexity index is 709. The van der Waals surface area contributed by atoms with Gasteiger partial charge in [-0.3, -0.25) is 4.79 Å². The fourth-order valence-corrected chi connectivity index (χ4v) is 2.08. The topological polar surface area (TPSA) is 54.0 Å². The molecule has 0 radical (unpaired) electrons. The van der Waals surface area contributed by atoms with Crippen molar-refractivity contribution in [3.05, 3.63) is 53.9 Å². The van der Waals surface area contributed by atoms with Gasteiger partial charge >= 0.3 is 6.18 Å². The minimum Gasteiger partial charge on any atom is -0.354 e. The molecule has 0 atom stereocenters. The summed E-state index contributed by atoms with van der Waals surface area (Å²) in [6.45, 7) is 0. The van der Waals surface area contributed by atoms with E-state index in [4.69, 9.17) is 0 Å². The van der Waals surface area contributed by atoms with Gasteiger partial charge in [0.1, 0.15) is 5.69 Å². The summed E-state index contributed by atoms with van der Waals surface area (Å²) in [4.78, 5) is 15.8. The number of para-hydroxylation sites is 1. The van der Waals surface area contributed by atoms with Crippen molar-refractivity contribution >= 4 is 17.3 Å². The number of nitrogens with zero attached hydrogens (tertiary/aromatic N) is 1. The molecule has 23 heavy (non-hydrogen) atoms. The number of anilines is 2. The van der Waals surface area contributed by atoms with E-state index >= 15 is 0 Å². The van der Waals surface area contributed by atoms with E-state index in [0.717, 1.165) is 18.9 Å². The van der Waals surface area contributed by atoms with E-state index in [2.05, 4.69) is 15.6 Å². The molecule has 1 aromatic heterocycles. The fourth-order valence-electron chi connectivity index (χ4n) is 2.08. The summed E-state index contributed by atoms with van der Waals surface area (Å²) in [6.07, 6.45) is -1.16. The second kappa shape index (κ2) is 5.91. The van der Waals surface area contributed by atoms with E-state index in [1.807, 2.05) is 0 Å². The predicted octanol–water partition coefficient (Wildman–Crippen LogP) is 3.74. The molecule has 1 heterocycles. The predicted molar refractivity (Wildman–Crippen MR) is 79.5 cm³/mol. The fraction of sp³-hybridized carbons (Fsp3) is 0.250. The highest BCUT2D eigenvalue weighted by Gasteiger charge is 2.33. The van der Waals surface area contributed by atoms with Gasteiger partial charge in [-0.05, 0) is 37.1 Å². The van der Waals surface area contributed by atoms with Crippen molar-refractivity contribution in [2.24, 2.45) is 0 Å². The van der Waals surface area contributed by atoms with Gasteiger partial charge in [0.2, 0.25) is 0 Å². The number of amides is 1. The highest BCUT2D eigenvalue weighted by atomic mass is 19.4. The molecule has 1 aliphatic carbocycles. The molecule has 0 unspecified atom stereocenters. The highest BCUT2D eigenvalue weighted by Crippen LogP contribution is 2.35. The van der Waals surface area contributed by atoms with Crippen LogP contribution in [0.15, 0.2) is 42.6 Å². The molecule has 120 valence electrons. The standard InChI is InChI=1S/C16H14F3N3O/c17-16(18,19)12-3-1-2-4-13(12)21-11-7-8-14(20-9-11)15(23)22-10-5-6-10/h1-4,7-10,21H,5-6H2,(H,22,23). The molecule has 1 aromatic carbocycles. The Morgan fingerprint density at radius 3 is 2.48 bits per heavy atom. The highest BCUT2D eigenvalue weighted by molar-refractivity contribution is 5.92. The third-order valence-electron chi connectivity index (χ3n) is 3.42. The second-order valence-electron chi connectivity index (χ2n) is 5.35. The maximum Gasteiger partial charge on any atom is 0.418 e. The number of halogens is 3. The Hall–Kier alpha value is -2.57. The van der Waals surface area contributed by atoms with Crippen molar-refractivity contribution in [1.82, 2.24) is 10.3 Å². The van der Waals surface area contributed by atoms with Crippen LogP contribution in [0.25, 0.3) is 0 Å². The van der Waals surface area contributed by atoms with Crippen LogP contribution in [0.2, 0.25) is 0 Å². The number of hydrogen-bond acceptors (Lipinski definition) is 3. The minimum atomic E-state index is -4.44. The van der Waals surface area contributed by atoms with Crippen LogP contribution in [0.5, 0.6) is 0 Å². The molecular formula is C16H14F3N3O. The lowest BCUT2D eigenvalue weighted by Gasteiger charge is -2.14. The molecule has 0 spiro atoms. The molecule has 2 aromatic rings. The quantitative estimate of drug-likeness (QED) is 0.902. The lowest BCUT2D eigenvalue weighted by Crippen LogP contribution is -2.26. The zero-order chi connectivity index (χ0) is 16.4. The number of aromatic nitrogens is 1. The average Bonchev–Trinajstić information content (AvgIpc) is 3.31. The number of alkyl halides is 3. The first-order valence-electron chi connectivity index (χ1n) is 7.13. The summed E-state index contributed by atoms with van der Waals surface area (Å²) in [6, 6.07) is 8.43. The lowest BCUT2D eigenvalue weighted by molar-refractivity contribution is -0.136. The van der Waals surface area contributed by atoms with Gasteiger partial charge in [0.05, 0.1) is 23.1 Å². The van der Waals surface area contributed by atoms with E-state index in [0.29, 0.717) is 5.69 Å². The van der Waals surface area contributed by atoms with Crippen molar-refractivity contribution in [1.29, 1.82) is 0 Å². The smallest absolute Gasteiger partial charge is 0.354 e. The Kier molecular flexibility index (Phi) is 3.94.